The molecule has 1 saturated heterocycles. The average Bonchev–Trinajstić information content (AvgIpc) is 2.41. The molecule has 0 radical (unpaired) electrons. The quantitative estimate of drug-likeness (QED) is 0.859. The number of rotatable bonds is 1. The molecule has 0 bridgehead atoms. The fourth-order valence-electron chi connectivity index (χ4n) is 2.92. The van der Waals surface area contributed by atoms with E-state index in [0.29, 0.717) is 10.7 Å². The summed E-state index contributed by atoms with van der Waals surface area (Å²) < 4.78 is 0. The van der Waals surface area contributed by atoms with Crippen LogP contribution in [-0.2, 0) is 4.79 Å². The van der Waals surface area contributed by atoms with Gasteiger partial charge in [0.1, 0.15) is 0 Å². The standard InChI is InChI=1S/C14H15ClN2O2/c15-9-5-7-10(8-6-9)17-13(18)11-3-1-2-4-12(11)16-14(17)19/h5-8,11-12H,1-4H2,(H,16,19)/t11-,12-/m1/s1. The first kappa shape index (κ1) is 12.5. The minimum Gasteiger partial charge on any atom is -0.334 e. The number of nitrogens with one attached hydrogen (secondary N) is 1. The van der Waals surface area contributed by atoms with Gasteiger partial charge in [-0.05, 0) is 37.1 Å². The van der Waals surface area contributed by atoms with E-state index in [0.717, 1.165) is 25.7 Å². The van der Waals surface area contributed by atoms with Crippen LogP contribution in [0.4, 0.5) is 10.5 Å². The Bertz CT molecular complexity index is 515. The summed E-state index contributed by atoms with van der Waals surface area (Å²) >= 11 is 5.83. The molecule has 2 aliphatic rings. The number of imide groups is 1. The van der Waals surface area contributed by atoms with E-state index >= 15 is 0 Å². The molecule has 0 unspecified atom stereocenters. The van der Waals surface area contributed by atoms with E-state index in [4.69, 9.17) is 11.6 Å². The van der Waals surface area contributed by atoms with E-state index in [2.05, 4.69) is 5.32 Å². The number of amides is 3. The third-order valence-corrected chi connectivity index (χ3v) is 4.15. The normalized spacial score (nSPS) is 26.9. The van der Waals surface area contributed by atoms with Crippen molar-refractivity contribution in [2.24, 2.45) is 5.92 Å². The summed E-state index contributed by atoms with van der Waals surface area (Å²) in [5.41, 5.74) is 0.580. The van der Waals surface area contributed by atoms with Gasteiger partial charge in [0.25, 0.3) is 0 Å². The Morgan fingerprint density at radius 3 is 2.53 bits per heavy atom. The summed E-state index contributed by atoms with van der Waals surface area (Å²) in [5, 5.41) is 3.53. The fraction of sp³-hybridized carbons (Fsp3) is 0.429. The van der Waals surface area contributed by atoms with Crippen LogP contribution < -0.4 is 10.2 Å². The topological polar surface area (TPSA) is 49.4 Å². The third kappa shape index (κ3) is 2.21. The molecule has 19 heavy (non-hydrogen) atoms. The van der Waals surface area contributed by atoms with Gasteiger partial charge in [-0.15, -0.1) is 0 Å². The molecule has 1 aromatic rings. The van der Waals surface area contributed by atoms with Crippen molar-refractivity contribution in [3.63, 3.8) is 0 Å². The lowest BCUT2D eigenvalue weighted by Gasteiger charge is -2.39. The highest BCUT2D eigenvalue weighted by molar-refractivity contribution is 6.30. The summed E-state index contributed by atoms with van der Waals surface area (Å²) in [4.78, 5) is 25.8. The van der Waals surface area contributed by atoms with E-state index in [1.54, 1.807) is 24.3 Å². The Morgan fingerprint density at radius 1 is 1.11 bits per heavy atom. The lowest BCUT2D eigenvalue weighted by molar-refractivity contribution is -0.124. The van der Waals surface area contributed by atoms with Crippen molar-refractivity contribution in [3.05, 3.63) is 29.3 Å². The molecule has 0 aromatic heterocycles. The number of hydrogen-bond acceptors (Lipinski definition) is 2. The number of urea groups is 1. The maximum Gasteiger partial charge on any atom is 0.328 e. The van der Waals surface area contributed by atoms with E-state index in [-0.39, 0.29) is 23.9 Å². The molecule has 1 aliphatic heterocycles. The molecule has 3 amide bonds. The molecule has 1 aromatic carbocycles. The number of halogens is 1. The maximum absolute atomic E-state index is 12.5. The lowest BCUT2D eigenvalue weighted by atomic mass is 9.82. The number of carbonyl (C=O) groups excluding carboxylic acids is 2. The Balaban J connectivity index is 1.90. The number of benzene rings is 1. The van der Waals surface area contributed by atoms with Gasteiger partial charge >= 0.3 is 6.03 Å². The van der Waals surface area contributed by atoms with Crippen LogP contribution in [0.3, 0.4) is 0 Å². The molecular formula is C14H15ClN2O2. The molecular weight excluding hydrogens is 264 g/mol. The van der Waals surface area contributed by atoms with Crippen LogP contribution in [0.1, 0.15) is 25.7 Å². The smallest absolute Gasteiger partial charge is 0.328 e. The fourth-order valence-corrected chi connectivity index (χ4v) is 3.05. The summed E-state index contributed by atoms with van der Waals surface area (Å²) in [6.07, 6.45) is 3.89. The number of nitrogens with zero attached hydrogens (tertiary/aromatic N) is 1. The van der Waals surface area contributed by atoms with Gasteiger partial charge in [0.05, 0.1) is 11.6 Å². The van der Waals surface area contributed by atoms with Crippen LogP contribution >= 0.6 is 11.6 Å². The van der Waals surface area contributed by atoms with Crippen molar-refractivity contribution < 1.29 is 9.59 Å². The predicted molar refractivity (Wildman–Crippen MR) is 73.2 cm³/mol. The van der Waals surface area contributed by atoms with E-state index in [9.17, 15) is 9.59 Å². The highest BCUT2D eigenvalue weighted by Crippen LogP contribution is 2.31. The van der Waals surface area contributed by atoms with Crippen molar-refractivity contribution in [1.29, 1.82) is 0 Å². The van der Waals surface area contributed by atoms with Crippen LogP contribution in [0.25, 0.3) is 0 Å². The number of anilines is 1. The van der Waals surface area contributed by atoms with Crippen LogP contribution in [0.15, 0.2) is 24.3 Å². The molecule has 100 valence electrons. The van der Waals surface area contributed by atoms with Gasteiger partial charge in [-0.25, -0.2) is 9.69 Å². The van der Waals surface area contributed by atoms with Gasteiger partial charge in [-0.1, -0.05) is 24.4 Å². The first-order valence-electron chi connectivity index (χ1n) is 6.57. The minimum atomic E-state index is -0.324. The van der Waals surface area contributed by atoms with Crippen molar-refractivity contribution in [2.75, 3.05) is 4.90 Å². The van der Waals surface area contributed by atoms with Crippen molar-refractivity contribution >= 4 is 29.2 Å². The van der Waals surface area contributed by atoms with Crippen LogP contribution in [-0.4, -0.2) is 18.0 Å². The van der Waals surface area contributed by atoms with Crippen LogP contribution in [0.2, 0.25) is 5.02 Å². The van der Waals surface area contributed by atoms with E-state index < -0.39 is 0 Å². The third-order valence-electron chi connectivity index (χ3n) is 3.90. The lowest BCUT2D eigenvalue weighted by Crippen LogP contribution is -2.61. The monoisotopic (exact) mass is 278 g/mol. The molecule has 1 aliphatic carbocycles. The largest absolute Gasteiger partial charge is 0.334 e. The highest BCUT2D eigenvalue weighted by atomic mass is 35.5. The average molecular weight is 279 g/mol. The first-order chi connectivity index (χ1) is 9.16. The molecule has 5 heteroatoms. The zero-order chi connectivity index (χ0) is 13.4. The molecule has 1 heterocycles. The van der Waals surface area contributed by atoms with Gasteiger partial charge < -0.3 is 5.32 Å². The molecule has 3 rings (SSSR count). The van der Waals surface area contributed by atoms with Gasteiger partial charge in [0.15, 0.2) is 0 Å². The van der Waals surface area contributed by atoms with Crippen molar-refractivity contribution in [3.8, 4) is 0 Å². The maximum atomic E-state index is 12.5. The zero-order valence-corrected chi connectivity index (χ0v) is 11.2. The summed E-state index contributed by atoms with van der Waals surface area (Å²) in [5.74, 6) is -0.169. The number of fused-ring (bicyclic) bond motifs is 1. The van der Waals surface area contributed by atoms with Gasteiger partial charge in [-0.2, -0.15) is 0 Å². The summed E-state index contributed by atoms with van der Waals surface area (Å²) in [7, 11) is 0. The Kier molecular flexibility index (Phi) is 3.19. The van der Waals surface area contributed by atoms with Gasteiger partial charge in [0.2, 0.25) is 5.91 Å². The Labute approximate surface area is 116 Å². The predicted octanol–water partition coefficient (Wildman–Crippen LogP) is 2.96. The second kappa shape index (κ2) is 4.85. The van der Waals surface area contributed by atoms with Crippen molar-refractivity contribution in [1.82, 2.24) is 5.32 Å². The first-order valence-corrected chi connectivity index (χ1v) is 6.94. The Hall–Kier alpha value is -1.55. The Morgan fingerprint density at radius 2 is 1.79 bits per heavy atom. The summed E-state index contributed by atoms with van der Waals surface area (Å²) in [6.45, 7) is 0. The van der Waals surface area contributed by atoms with Gasteiger partial charge in [-0.3, -0.25) is 4.79 Å². The number of carbonyl (C=O) groups is 2. The minimum absolute atomic E-state index is 0.0114. The number of hydrogen-bond donors (Lipinski definition) is 1. The molecule has 1 N–H and O–H groups in total. The second-order valence-corrected chi connectivity index (χ2v) is 5.53. The molecule has 2 atom stereocenters. The molecule has 4 nitrogen and oxygen atoms in total. The molecule has 2 fully saturated rings. The second-order valence-electron chi connectivity index (χ2n) is 5.10. The summed E-state index contributed by atoms with van der Waals surface area (Å²) in [6, 6.07) is 6.45. The van der Waals surface area contributed by atoms with Crippen LogP contribution in [0.5, 0.6) is 0 Å². The van der Waals surface area contributed by atoms with Gasteiger partial charge in [0, 0.05) is 11.1 Å². The molecule has 0 spiro atoms. The van der Waals surface area contributed by atoms with Crippen molar-refractivity contribution in [2.45, 2.75) is 31.7 Å². The van der Waals surface area contributed by atoms with Crippen LogP contribution in [0, 0.1) is 5.92 Å². The SMILES string of the molecule is O=C1N[C@@H]2CCCC[C@H]2C(=O)N1c1ccc(Cl)cc1. The highest BCUT2D eigenvalue weighted by Gasteiger charge is 2.42. The van der Waals surface area contributed by atoms with E-state index in [1.807, 2.05) is 0 Å². The van der Waals surface area contributed by atoms with E-state index in [1.165, 1.54) is 4.90 Å². The molecule has 1 saturated carbocycles. The zero-order valence-electron chi connectivity index (χ0n) is 10.4.